The number of hydrogen-bond acceptors (Lipinski definition) is 3. The summed E-state index contributed by atoms with van der Waals surface area (Å²) in [6.45, 7) is 2.96. The van der Waals surface area contributed by atoms with Crippen LogP contribution in [-0.2, 0) is 14.3 Å². The monoisotopic (exact) mass is 206 g/mol. The molecule has 1 aromatic carbocycles. The number of hydrogen-bond donors (Lipinski definition) is 0. The van der Waals surface area contributed by atoms with E-state index in [-0.39, 0.29) is 24.3 Å². The van der Waals surface area contributed by atoms with Gasteiger partial charge in [-0.25, -0.2) is 0 Å². The van der Waals surface area contributed by atoms with E-state index in [2.05, 4.69) is 0 Å². The van der Waals surface area contributed by atoms with Crippen molar-refractivity contribution in [2.24, 2.45) is 0 Å². The van der Waals surface area contributed by atoms with E-state index in [1.807, 2.05) is 30.3 Å². The number of ether oxygens (including phenoxy) is 1. The summed E-state index contributed by atoms with van der Waals surface area (Å²) >= 11 is 0. The van der Waals surface area contributed by atoms with Gasteiger partial charge >= 0.3 is 5.97 Å². The molecule has 0 saturated carbocycles. The molecule has 0 aliphatic rings. The Balaban J connectivity index is 2.75. The first-order valence-electron chi connectivity index (χ1n) is 4.80. The van der Waals surface area contributed by atoms with Gasteiger partial charge in [-0.05, 0) is 12.5 Å². The molecule has 15 heavy (non-hydrogen) atoms. The standard InChI is InChI=1S/C12H14O3/c1-9(13)12(8-15-10(2)14)11-6-4-3-5-7-11/h3-7,12H,8H2,1-2H3/t12-/m0/s1. The molecule has 1 rings (SSSR count). The molecule has 0 heterocycles. The Bertz CT molecular complexity index is 343. The largest absolute Gasteiger partial charge is 0.465 e. The van der Waals surface area contributed by atoms with Gasteiger partial charge in [0.05, 0.1) is 5.92 Å². The van der Waals surface area contributed by atoms with Gasteiger partial charge in [0.2, 0.25) is 0 Å². The summed E-state index contributed by atoms with van der Waals surface area (Å²) in [5.41, 5.74) is 0.881. The van der Waals surface area contributed by atoms with E-state index in [1.54, 1.807) is 0 Å². The van der Waals surface area contributed by atoms with Crippen LogP contribution in [0.3, 0.4) is 0 Å². The molecule has 0 bridgehead atoms. The molecule has 0 aliphatic carbocycles. The highest BCUT2D eigenvalue weighted by Gasteiger charge is 2.17. The van der Waals surface area contributed by atoms with Gasteiger partial charge in [0.1, 0.15) is 12.4 Å². The molecular weight excluding hydrogens is 192 g/mol. The third-order valence-corrected chi connectivity index (χ3v) is 2.15. The number of carbonyl (C=O) groups excluding carboxylic acids is 2. The van der Waals surface area contributed by atoms with E-state index in [1.165, 1.54) is 13.8 Å². The number of esters is 1. The predicted molar refractivity (Wildman–Crippen MR) is 56.5 cm³/mol. The fraction of sp³-hybridized carbons (Fsp3) is 0.333. The topological polar surface area (TPSA) is 43.4 Å². The molecule has 1 atom stereocenters. The van der Waals surface area contributed by atoms with Crippen molar-refractivity contribution in [2.45, 2.75) is 19.8 Å². The van der Waals surface area contributed by atoms with Crippen LogP contribution >= 0.6 is 0 Å². The Kier molecular flexibility index (Phi) is 4.03. The third-order valence-electron chi connectivity index (χ3n) is 2.15. The third kappa shape index (κ3) is 3.54. The van der Waals surface area contributed by atoms with Gasteiger partial charge in [-0.2, -0.15) is 0 Å². The molecule has 0 fully saturated rings. The van der Waals surface area contributed by atoms with Crippen molar-refractivity contribution in [3.63, 3.8) is 0 Å². The second-order valence-corrected chi connectivity index (χ2v) is 3.38. The molecule has 3 nitrogen and oxygen atoms in total. The Morgan fingerprint density at radius 3 is 2.27 bits per heavy atom. The minimum Gasteiger partial charge on any atom is -0.465 e. The second-order valence-electron chi connectivity index (χ2n) is 3.38. The highest BCUT2D eigenvalue weighted by atomic mass is 16.5. The molecule has 1 aromatic rings. The Hall–Kier alpha value is -1.64. The van der Waals surface area contributed by atoms with Crippen molar-refractivity contribution in [1.82, 2.24) is 0 Å². The molecule has 0 N–H and O–H groups in total. The molecule has 3 heteroatoms. The Morgan fingerprint density at radius 2 is 1.80 bits per heavy atom. The minimum atomic E-state index is -0.364. The lowest BCUT2D eigenvalue weighted by Crippen LogP contribution is -2.17. The predicted octanol–water partition coefficient (Wildman–Crippen LogP) is 1.92. The summed E-state index contributed by atoms with van der Waals surface area (Å²) < 4.78 is 4.86. The maximum absolute atomic E-state index is 11.4. The van der Waals surface area contributed by atoms with E-state index in [9.17, 15) is 9.59 Å². The van der Waals surface area contributed by atoms with E-state index in [0.717, 1.165) is 5.56 Å². The van der Waals surface area contributed by atoms with Crippen molar-refractivity contribution in [3.8, 4) is 0 Å². The average Bonchev–Trinajstić information content (AvgIpc) is 2.18. The maximum Gasteiger partial charge on any atom is 0.302 e. The number of carbonyl (C=O) groups is 2. The zero-order chi connectivity index (χ0) is 11.3. The quantitative estimate of drug-likeness (QED) is 0.707. The van der Waals surface area contributed by atoms with Gasteiger partial charge in [-0.1, -0.05) is 30.3 Å². The van der Waals surface area contributed by atoms with Crippen LogP contribution in [0, 0.1) is 0 Å². The summed E-state index contributed by atoms with van der Waals surface area (Å²) in [5.74, 6) is -0.713. The number of rotatable bonds is 4. The van der Waals surface area contributed by atoms with Gasteiger partial charge in [0, 0.05) is 6.92 Å². The highest BCUT2D eigenvalue weighted by molar-refractivity contribution is 5.83. The van der Waals surface area contributed by atoms with Crippen molar-refractivity contribution in [2.75, 3.05) is 6.61 Å². The van der Waals surface area contributed by atoms with Crippen LogP contribution in [-0.4, -0.2) is 18.4 Å². The fourth-order valence-corrected chi connectivity index (χ4v) is 1.33. The van der Waals surface area contributed by atoms with Crippen molar-refractivity contribution < 1.29 is 14.3 Å². The van der Waals surface area contributed by atoms with Crippen molar-refractivity contribution >= 4 is 11.8 Å². The second kappa shape index (κ2) is 5.29. The van der Waals surface area contributed by atoms with Gasteiger partial charge in [-0.3, -0.25) is 9.59 Å². The molecule has 0 spiro atoms. The van der Waals surface area contributed by atoms with Crippen molar-refractivity contribution in [3.05, 3.63) is 35.9 Å². The molecule has 0 aliphatic heterocycles. The summed E-state index contributed by atoms with van der Waals surface area (Å²) in [6.07, 6.45) is 0. The van der Waals surface area contributed by atoms with E-state index in [4.69, 9.17) is 4.74 Å². The van der Waals surface area contributed by atoms with Crippen LogP contribution in [0.2, 0.25) is 0 Å². The zero-order valence-electron chi connectivity index (χ0n) is 8.90. The zero-order valence-corrected chi connectivity index (χ0v) is 8.90. The number of benzene rings is 1. The first kappa shape index (κ1) is 11.4. The van der Waals surface area contributed by atoms with E-state index >= 15 is 0 Å². The van der Waals surface area contributed by atoms with Crippen LogP contribution in [0.5, 0.6) is 0 Å². The van der Waals surface area contributed by atoms with Crippen LogP contribution in [0.15, 0.2) is 30.3 Å². The SMILES string of the molecule is CC(=O)OC[C@@H](C(C)=O)c1ccccc1. The summed E-state index contributed by atoms with van der Waals surface area (Å²) in [5, 5.41) is 0. The Labute approximate surface area is 89.1 Å². The molecule has 0 radical (unpaired) electrons. The smallest absolute Gasteiger partial charge is 0.302 e. The molecule has 0 saturated heterocycles. The molecule has 0 amide bonds. The Morgan fingerprint density at radius 1 is 1.20 bits per heavy atom. The lowest BCUT2D eigenvalue weighted by atomic mass is 9.96. The first-order chi connectivity index (χ1) is 7.11. The van der Waals surface area contributed by atoms with Gasteiger partial charge in [0.15, 0.2) is 0 Å². The fourth-order valence-electron chi connectivity index (χ4n) is 1.33. The number of Topliss-reactive ketones (excluding diaryl/α,β-unsaturated/α-hetero) is 1. The molecule has 0 unspecified atom stereocenters. The lowest BCUT2D eigenvalue weighted by Gasteiger charge is -2.13. The maximum atomic E-state index is 11.4. The minimum absolute atomic E-state index is 0.00227. The highest BCUT2D eigenvalue weighted by Crippen LogP contribution is 2.16. The lowest BCUT2D eigenvalue weighted by molar-refractivity contribution is -0.142. The molecular formula is C12H14O3. The summed E-state index contributed by atoms with van der Waals surface area (Å²) in [6, 6.07) is 9.32. The van der Waals surface area contributed by atoms with Crippen LogP contribution in [0.1, 0.15) is 25.3 Å². The summed E-state index contributed by atoms with van der Waals surface area (Å²) in [4.78, 5) is 22.0. The van der Waals surface area contributed by atoms with Gasteiger partial charge in [0.25, 0.3) is 0 Å². The van der Waals surface area contributed by atoms with Crippen molar-refractivity contribution in [1.29, 1.82) is 0 Å². The van der Waals surface area contributed by atoms with Crippen LogP contribution in [0.4, 0.5) is 0 Å². The van der Waals surface area contributed by atoms with Gasteiger partial charge in [-0.15, -0.1) is 0 Å². The van der Waals surface area contributed by atoms with Crippen LogP contribution < -0.4 is 0 Å². The summed E-state index contributed by atoms with van der Waals surface area (Å²) in [7, 11) is 0. The van der Waals surface area contributed by atoms with E-state index < -0.39 is 0 Å². The average molecular weight is 206 g/mol. The van der Waals surface area contributed by atoms with Crippen LogP contribution in [0.25, 0.3) is 0 Å². The molecule has 0 aromatic heterocycles. The first-order valence-corrected chi connectivity index (χ1v) is 4.80. The normalized spacial score (nSPS) is 11.9. The molecule has 80 valence electrons. The van der Waals surface area contributed by atoms with Gasteiger partial charge < -0.3 is 4.74 Å². The van der Waals surface area contributed by atoms with E-state index in [0.29, 0.717) is 0 Å². The number of ketones is 1.